The van der Waals surface area contributed by atoms with Crippen molar-refractivity contribution in [2.24, 2.45) is 11.7 Å². The Hall–Kier alpha value is -0.0800. The second-order valence-corrected chi connectivity index (χ2v) is 5.02. The molecule has 1 aliphatic heterocycles. The van der Waals surface area contributed by atoms with Crippen LogP contribution in [-0.4, -0.2) is 29.6 Å². The highest BCUT2D eigenvalue weighted by atomic mass is 15.2. The molecule has 0 aromatic carbocycles. The molecule has 0 saturated carbocycles. The molecule has 0 aromatic rings. The molecule has 0 amide bonds. The third kappa shape index (κ3) is 2.20. The van der Waals surface area contributed by atoms with Gasteiger partial charge in [0.2, 0.25) is 0 Å². The summed E-state index contributed by atoms with van der Waals surface area (Å²) in [6.45, 7) is 11.3. The van der Waals surface area contributed by atoms with Gasteiger partial charge in [-0.25, -0.2) is 0 Å². The molecule has 72 valence electrons. The Bertz CT molecular complexity index is 146. The number of likely N-dealkylation sites (tertiary alicyclic amines) is 1. The van der Waals surface area contributed by atoms with Crippen LogP contribution >= 0.6 is 0 Å². The van der Waals surface area contributed by atoms with E-state index in [1.54, 1.807) is 0 Å². The second kappa shape index (κ2) is 3.35. The maximum Gasteiger partial charge on any atom is 0.0125 e. The van der Waals surface area contributed by atoms with Gasteiger partial charge >= 0.3 is 0 Å². The first-order valence-corrected chi connectivity index (χ1v) is 4.92. The summed E-state index contributed by atoms with van der Waals surface area (Å²) in [7, 11) is 0. The summed E-state index contributed by atoms with van der Waals surface area (Å²) in [5.74, 6) is 0.712. The van der Waals surface area contributed by atoms with Crippen molar-refractivity contribution in [1.82, 2.24) is 4.90 Å². The van der Waals surface area contributed by atoms with Crippen molar-refractivity contribution >= 4 is 0 Å². The molecule has 2 N–H and O–H groups in total. The van der Waals surface area contributed by atoms with Crippen LogP contribution in [0.5, 0.6) is 0 Å². The van der Waals surface area contributed by atoms with Crippen molar-refractivity contribution in [2.75, 3.05) is 13.1 Å². The van der Waals surface area contributed by atoms with E-state index in [1.807, 2.05) is 0 Å². The summed E-state index contributed by atoms with van der Waals surface area (Å²) in [6, 6.07) is 0.359. The van der Waals surface area contributed by atoms with Gasteiger partial charge in [-0.05, 0) is 46.6 Å². The zero-order valence-electron chi connectivity index (χ0n) is 8.80. The molecule has 1 saturated heterocycles. The molecule has 0 bridgehead atoms. The van der Waals surface area contributed by atoms with E-state index in [0.29, 0.717) is 17.5 Å². The second-order valence-electron chi connectivity index (χ2n) is 5.02. The van der Waals surface area contributed by atoms with Crippen molar-refractivity contribution in [1.29, 1.82) is 0 Å². The van der Waals surface area contributed by atoms with E-state index in [9.17, 15) is 0 Å². The van der Waals surface area contributed by atoms with Gasteiger partial charge in [0.05, 0.1) is 0 Å². The highest BCUT2D eigenvalue weighted by molar-refractivity contribution is 4.87. The molecule has 0 aromatic heterocycles. The quantitative estimate of drug-likeness (QED) is 0.645. The first-order chi connectivity index (χ1) is 5.41. The lowest BCUT2D eigenvalue weighted by atomic mass is 10.0. The summed E-state index contributed by atoms with van der Waals surface area (Å²) >= 11 is 0. The molecule has 2 nitrogen and oxygen atoms in total. The lowest BCUT2D eigenvalue weighted by molar-refractivity contribution is 0.166. The molecule has 0 spiro atoms. The third-order valence-corrected chi connectivity index (χ3v) is 2.92. The Morgan fingerprint density at radius 2 is 2.00 bits per heavy atom. The van der Waals surface area contributed by atoms with E-state index in [-0.39, 0.29) is 0 Å². The minimum atomic E-state index is 0.323. The fourth-order valence-electron chi connectivity index (χ4n) is 1.83. The topological polar surface area (TPSA) is 29.3 Å². The number of hydrogen-bond donors (Lipinski definition) is 1. The average molecular weight is 170 g/mol. The molecule has 1 rings (SSSR count). The van der Waals surface area contributed by atoms with E-state index >= 15 is 0 Å². The molecule has 1 fully saturated rings. The first-order valence-electron chi connectivity index (χ1n) is 4.92. The number of rotatable bonds is 1. The largest absolute Gasteiger partial charge is 0.328 e. The zero-order chi connectivity index (χ0) is 9.35. The first kappa shape index (κ1) is 10.0. The van der Waals surface area contributed by atoms with Crippen LogP contribution in [0.1, 0.15) is 34.1 Å². The van der Waals surface area contributed by atoms with E-state index in [4.69, 9.17) is 5.73 Å². The maximum atomic E-state index is 5.88. The Kier molecular flexibility index (Phi) is 2.79. The lowest BCUT2D eigenvalue weighted by Crippen LogP contribution is -2.40. The van der Waals surface area contributed by atoms with Crippen LogP contribution in [-0.2, 0) is 0 Å². The van der Waals surface area contributed by atoms with Gasteiger partial charge in [-0.2, -0.15) is 0 Å². The molecular weight excluding hydrogens is 148 g/mol. The normalized spacial score (nSPS) is 29.2. The highest BCUT2D eigenvalue weighted by Gasteiger charge is 2.31. The molecule has 12 heavy (non-hydrogen) atoms. The SMILES string of the molecule is CC(N)C1CCN(C(C)(C)C)C1. The van der Waals surface area contributed by atoms with Crippen molar-refractivity contribution < 1.29 is 0 Å². The molecule has 2 atom stereocenters. The molecule has 0 radical (unpaired) electrons. The zero-order valence-corrected chi connectivity index (χ0v) is 8.80. The van der Waals surface area contributed by atoms with Gasteiger partial charge in [0.15, 0.2) is 0 Å². The predicted octanol–water partition coefficient (Wildman–Crippen LogP) is 1.45. The predicted molar refractivity (Wildman–Crippen MR) is 53.1 cm³/mol. The number of nitrogens with two attached hydrogens (primary N) is 1. The lowest BCUT2D eigenvalue weighted by Gasteiger charge is -2.32. The number of nitrogens with zero attached hydrogens (tertiary/aromatic N) is 1. The fraction of sp³-hybridized carbons (Fsp3) is 1.00. The maximum absolute atomic E-state index is 5.88. The summed E-state index contributed by atoms with van der Waals surface area (Å²) in [5.41, 5.74) is 6.20. The molecular formula is C10H22N2. The third-order valence-electron chi connectivity index (χ3n) is 2.92. The molecule has 0 aliphatic carbocycles. The van der Waals surface area contributed by atoms with E-state index in [0.717, 1.165) is 0 Å². The summed E-state index contributed by atoms with van der Waals surface area (Å²) in [4.78, 5) is 2.53. The van der Waals surface area contributed by atoms with Gasteiger partial charge < -0.3 is 5.73 Å². The minimum Gasteiger partial charge on any atom is -0.328 e. The van der Waals surface area contributed by atoms with Gasteiger partial charge in [0.25, 0.3) is 0 Å². The molecule has 1 heterocycles. The summed E-state index contributed by atoms with van der Waals surface area (Å²) in [5, 5.41) is 0. The smallest absolute Gasteiger partial charge is 0.0125 e. The van der Waals surface area contributed by atoms with Gasteiger partial charge in [-0.15, -0.1) is 0 Å². The summed E-state index contributed by atoms with van der Waals surface area (Å²) in [6.07, 6.45) is 1.27. The van der Waals surface area contributed by atoms with Gasteiger partial charge in [-0.3, -0.25) is 4.90 Å². The van der Waals surface area contributed by atoms with Crippen molar-refractivity contribution in [3.63, 3.8) is 0 Å². The Morgan fingerprint density at radius 1 is 1.42 bits per heavy atom. The molecule has 1 aliphatic rings. The van der Waals surface area contributed by atoms with Crippen LogP contribution in [0.15, 0.2) is 0 Å². The van der Waals surface area contributed by atoms with Crippen LogP contribution in [0, 0.1) is 5.92 Å². The van der Waals surface area contributed by atoms with Gasteiger partial charge in [-0.1, -0.05) is 0 Å². The molecule has 2 unspecified atom stereocenters. The Balaban J connectivity index is 2.46. The average Bonchev–Trinajstić information content (AvgIpc) is 2.30. The molecule has 2 heteroatoms. The summed E-state index contributed by atoms with van der Waals surface area (Å²) < 4.78 is 0. The minimum absolute atomic E-state index is 0.323. The standard InChI is InChI=1S/C10H22N2/c1-8(11)9-5-6-12(7-9)10(2,3)4/h8-9H,5-7,11H2,1-4H3. The van der Waals surface area contributed by atoms with Crippen molar-refractivity contribution in [2.45, 2.75) is 45.7 Å². The van der Waals surface area contributed by atoms with E-state index in [1.165, 1.54) is 19.5 Å². The highest BCUT2D eigenvalue weighted by Crippen LogP contribution is 2.25. The van der Waals surface area contributed by atoms with Crippen LogP contribution in [0.4, 0.5) is 0 Å². The van der Waals surface area contributed by atoms with Crippen LogP contribution in [0.3, 0.4) is 0 Å². The van der Waals surface area contributed by atoms with Crippen LogP contribution in [0.2, 0.25) is 0 Å². The van der Waals surface area contributed by atoms with Crippen molar-refractivity contribution in [3.8, 4) is 0 Å². The Labute approximate surface area is 76.1 Å². The van der Waals surface area contributed by atoms with Gasteiger partial charge in [0.1, 0.15) is 0 Å². The fourth-order valence-corrected chi connectivity index (χ4v) is 1.83. The number of hydrogen-bond acceptors (Lipinski definition) is 2. The van der Waals surface area contributed by atoms with Crippen molar-refractivity contribution in [3.05, 3.63) is 0 Å². The van der Waals surface area contributed by atoms with Gasteiger partial charge in [0, 0.05) is 18.1 Å². The van der Waals surface area contributed by atoms with Crippen LogP contribution < -0.4 is 5.73 Å². The Morgan fingerprint density at radius 3 is 2.25 bits per heavy atom. The van der Waals surface area contributed by atoms with Crippen LogP contribution in [0.25, 0.3) is 0 Å². The monoisotopic (exact) mass is 170 g/mol. The van der Waals surface area contributed by atoms with E-state index < -0.39 is 0 Å². The van der Waals surface area contributed by atoms with E-state index in [2.05, 4.69) is 32.6 Å².